The van der Waals surface area contributed by atoms with Gasteiger partial charge in [-0.3, -0.25) is 9.69 Å². The van der Waals surface area contributed by atoms with Crippen molar-refractivity contribution in [3.05, 3.63) is 71.4 Å². The zero-order chi connectivity index (χ0) is 21.5. The van der Waals surface area contributed by atoms with Crippen LogP contribution in [0, 0.1) is 0 Å². The molecule has 30 heavy (non-hydrogen) atoms. The summed E-state index contributed by atoms with van der Waals surface area (Å²) in [7, 11) is 1.09. The summed E-state index contributed by atoms with van der Waals surface area (Å²) in [4.78, 5) is 28.5. The highest BCUT2D eigenvalue weighted by Crippen LogP contribution is 2.40. The fourth-order valence-electron chi connectivity index (χ4n) is 3.76. The molecule has 1 aromatic heterocycles. The monoisotopic (exact) mass is 414 g/mol. The fraction of sp³-hybridized carbons (Fsp3) is 0.182. The van der Waals surface area contributed by atoms with E-state index in [0.717, 1.165) is 12.5 Å². The lowest BCUT2D eigenvalue weighted by molar-refractivity contribution is -0.186. The molecule has 3 aromatic rings. The molecular formula is C22H17F3N2O3. The number of alkyl halides is 3. The van der Waals surface area contributed by atoms with Crippen LogP contribution in [0.25, 0.3) is 22.7 Å². The molecule has 0 bridgehead atoms. The molecule has 0 spiro atoms. The first-order chi connectivity index (χ1) is 14.3. The van der Waals surface area contributed by atoms with Gasteiger partial charge >= 0.3 is 18.1 Å². The van der Waals surface area contributed by atoms with Gasteiger partial charge in [-0.05, 0) is 23.3 Å². The molecule has 1 aliphatic rings. The Morgan fingerprint density at radius 3 is 2.43 bits per heavy atom. The summed E-state index contributed by atoms with van der Waals surface area (Å²) in [5, 5.41) is 0.777. The maximum absolute atomic E-state index is 13.5. The standard InChI is InChI=1S/C22H17F3N2O3/c1-30-20(28)18-12-15-14-9-5-6-10-16(14)26-19(15)17(11-13-7-3-2-4-8-13)27(18)21(29)22(23,24)25/h2-11,18,26H,12H2,1H3/b17-11+. The van der Waals surface area contributed by atoms with E-state index < -0.39 is 24.1 Å². The molecule has 1 aliphatic heterocycles. The molecule has 1 amide bonds. The predicted molar refractivity (Wildman–Crippen MR) is 105 cm³/mol. The highest BCUT2D eigenvalue weighted by atomic mass is 19.4. The summed E-state index contributed by atoms with van der Waals surface area (Å²) in [6, 6.07) is 14.4. The van der Waals surface area contributed by atoms with E-state index in [1.165, 1.54) is 6.08 Å². The van der Waals surface area contributed by atoms with Gasteiger partial charge in [-0.25, -0.2) is 4.79 Å². The minimum absolute atomic E-state index is 0.0311. The second-order valence-electron chi connectivity index (χ2n) is 6.88. The molecule has 1 N–H and O–H groups in total. The van der Waals surface area contributed by atoms with Crippen molar-refractivity contribution in [2.45, 2.75) is 18.6 Å². The number of fused-ring (bicyclic) bond motifs is 3. The molecule has 2 aromatic carbocycles. The summed E-state index contributed by atoms with van der Waals surface area (Å²) in [5.74, 6) is -3.04. The van der Waals surface area contributed by atoms with E-state index in [9.17, 15) is 22.8 Å². The van der Waals surface area contributed by atoms with Crippen LogP contribution in [0.5, 0.6) is 0 Å². The van der Waals surface area contributed by atoms with E-state index in [-0.39, 0.29) is 12.1 Å². The van der Waals surface area contributed by atoms with Crippen molar-refractivity contribution >= 4 is 34.6 Å². The molecule has 154 valence electrons. The zero-order valence-electron chi connectivity index (χ0n) is 15.9. The van der Waals surface area contributed by atoms with Crippen LogP contribution in [-0.4, -0.2) is 41.1 Å². The predicted octanol–water partition coefficient (Wildman–Crippen LogP) is 4.15. The third-order valence-electron chi connectivity index (χ3n) is 5.08. The largest absolute Gasteiger partial charge is 0.471 e. The van der Waals surface area contributed by atoms with Crippen molar-refractivity contribution in [2.24, 2.45) is 0 Å². The Kier molecular flexibility index (Phi) is 4.85. The van der Waals surface area contributed by atoms with E-state index >= 15 is 0 Å². The number of carbonyl (C=O) groups is 2. The van der Waals surface area contributed by atoms with Gasteiger partial charge in [-0.1, -0.05) is 48.5 Å². The number of H-pyrrole nitrogens is 1. The molecule has 4 rings (SSSR count). The van der Waals surface area contributed by atoms with Crippen molar-refractivity contribution in [1.82, 2.24) is 9.88 Å². The van der Waals surface area contributed by atoms with Gasteiger partial charge in [0.15, 0.2) is 0 Å². The molecule has 1 atom stereocenters. The molecule has 8 heteroatoms. The molecule has 0 saturated heterocycles. The highest BCUT2D eigenvalue weighted by Gasteiger charge is 2.50. The smallest absolute Gasteiger partial charge is 0.467 e. The topological polar surface area (TPSA) is 62.4 Å². The first-order valence-corrected chi connectivity index (χ1v) is 9.16. The maximum Gasteiger partial charge on any atom is 0.471 e. The maximum atomic E-state index is 13.5. The van der Waals surface area contributed by atoms with Crippen molar-refractivity contribution < 1.29 is 27.5 Å². The molecule has 0 fully saturated rings. The van der Waals surface area contributed by atoms with Gasteiger partial charge in [0.2, 0.25) is 0 Å². The number of aromatic amines is 1. The van der Waals surface area contributed by atoms with E-state index in [0.29, 0.717) is 27.2 Å². The first-order valence-electron chi connectivity index (χ1n) is 9.16. The Bertz CT molecular complexity index is 1150. The Labute approximate surface area is 169 Å². The van der Waals surface area contributed by atoms with Crippen molar-refractivity contribution in [2.75, 3.05) is 7.11 Å². The Balaban J connectivity index is 2.00. The van der Waals surface area contributed by atoms with Crippen LogP contribution < -0.4 is 0 Å². The van der Waals surface area contributed by atoms with E-state index in [1.54, 1.807) is 48.5 Å². The Morgan fingerprint density at radius 1 is 1.10 bits per heavy atom. The van der Waals surface area contributed by atoms with E-state index in [2.05, 4.69) is 4.98 Å². The third-order valence-corrected chi connectivity index (χ3v) is 5.08. The number of amides is 1. The average molecular weight is 414 g/mol. The van der Waals surface area contributed by atoms with Crippen molar-refractivity contribution in [3.8, 4) is 0 Å². The lowest BCUT2D eigenvalue weighted by Gasteiger charge is -2.36. The summed E-state index contributed by atoms with van der Waals surface area (Å²) in [6.07, 6.45) is -3.79. The molecule has 2 heterocycles. The first kappa shape index (κ1) is 19.8. The number of ether oxygens (including phenoxy) is 1. The second-order valence-corrected chi connectivity index (χ2v) is 6.88. The number of rotatable bonds is 2. The minimum atomic E-state index is -5.16. The van der Waals surface area contributed by atoms with Crippen LogP contribution in [0.4, 0.5) is 13.2 Å². The summed E-state index contributed by atoms with van der Waals surface area (Å²) in [6.45, 7) is 0. The molecule has 0 radical (unpaired) electrons. The summed E-state index contributed by atoms with van der Waals surface area (Å²) in [5.41, 5.74) is 2.29. The van der Waals surface area contributed by atoms with E-state index in [4.69, 9.17) is 4.74 Å². The number of nitrogens with zero attached hydrogens (tertiary/aromatic N) is 1. The van der Waals surface area contributed by atoms with E-state index in [1.807, 2.05) is 6.07 Å². The molecular weight excluding hydrogens is 397 g/mol. The Hall–Kier alpha value is -3.55. The van der Waals surface area contributed by atoms with Gasteiger partial charge in [-0.2, -0.15) is 13.2 Å². The average Bonchev–Trinajstić information content (AvgIpc) is 3.11. The van der Waals surface area contributed by atoms with Gasteiger partial charge in [0, 0.05) is 17.3 Å². The quantitative estimate of drug-likeness (QED) is 0.641. The molecule has 1 unspecified atom stereocenters. The molecule has 0 saturated carbocycles. The number of hydrogen-bond donors (Lipinski definition) is 1. The van der Waals surface area contributed by atoms with Crippen LogP contribution in [-0.2, 0) is 20.7 Å². The highest BCUT2D eigenvalue weighted by molar-refractivity contribution is 6.03. The molecule has 5 nitrogen and oxygen atoms in total. The summed E-state index contributed by atoms with van der Waals surface area (Å²) < 4.78 is 45.2. The SMILES string of the molecule is COC(=O)C1Cc2c([nH]c3ccccc23)/C(=C\c2ccccc2)N1C(=O)C(F)(F)F. The van der Waals surface area contributed by atoms with Gasteiger partial charge < -0.3 is 9.72 Å². The second kappa shape index (κ2) is 7.37. The number of hydrogen-bond acceptors (Lipinski definition) is 3. The number of carbonyl (C=O) groups excluding carboxylic acids is 2. The van der Waals surface area contributed by atoms with Crippen LogP contribution in [0.2, 0.25) is 0 Å². The number of methoxy groups -OCH3 is 1. The molecule has 0 aliphatic carbocycles. The number of nitrogens with one attached hydrogen (secondary N) is 1. The van der Waals surface area contributed by atoms with Gasteiger partial charge in [0.05, 0.1) is 18.5 Å². The third kappa shape index (κ3) is 3.34. The normalized spacial score (nSPS) is 17.8. The van der Waals surface area contributed by atoms with Crippen molar-refractivity contribution in [3.63, 3.8) is 0 Å². The zero-order valence-corrected chi connectivity index (χ0v) is 15.9. The summed E-state index contributed by atoms with van der Waals surface area (Å²) >= 11 is 0. The van der Waals surface area contributed by atoms with Crippen LogP contribution in [0.3, 0.4) is 0 Å². The lowest BCUT2D eigenvalue weighted by Crippen LogP contribution is -2.52. The van der Waals surface area contributed by atoms with Crippen LogP contribution in [0.1, 0.15) is 16.8 Å². The number of benzene rings is 2. The van der Waals surface area contributed by atoms with Crippen LogP contribution in [0.15, 0.2) is 54.6 Å². The number of aromatic nitrogens is 1. The van der Waals surface area contributed by atoms with Gasteiger partial charge in [0.25, 0.3) is 0 Å². The minimum Gasteiger partial charge on any atom is -0.467 e. The van der Waals surface area contributed by atoms with Crippen LogP contribution >= 0.6 is 0 Å². The fourth-order valence-corrected chi connectivity index (χ4v) is 3.76. The number of para-hydroxylation sites is 1. The number of esters is 1. The van der Waals surface area contributed by atoms with Crippen molar-refractivity contribution in [1.29, 1.82) is 0 Å². The van der Waals surface area contributed by atoms with Gasteiger partial charge in [-0.15, -0.1) is 0 Å². The Morgan fingerprint density at radius 2 is 1.77 bits per heavy atom. The van der Waals surface area contributed by atoms with Gasteiger partial charge in [0.1, 0.15) is 6.04 Å². The number of halogens is 3. The lowest BCUT2D eigenvalue weighted by atomic mass is 9.93.